The van der Waals surface area contributed by atoms with Gasteiger partial charge in [-0.2, -0.15) is 0 Å². The Bertz CT molecular complexity index is 568. The van der Waals surface area contributed by atoms with Crippen molar-refractivity contribution in [1.82, 2.24) is 0 Å². The Kier molecular flexibility index (Phi) is 73.2. The Balaban J connectivity index is -0.000000127. The summed E-state index contributed by atoms with van der Waals surface area (Å²) >= 11 is 0. The smallest absolute Gasteiger partial charge is 0.550 e. The molecule has 288 valence electrons. The molecule has 0 atom stereocenters. The molecule has 0 spiro atoms. The van der Waals surface area contributed by atoms with E-state index in [4.69, 9.17) is 0 Å². The maximum Gasteiger partial charge on any atom is 2.00 e. The van der Waals surface area contributed by atoms with Gasteiger partial charge in [0, 0.05) is 23.9 Å². The van der Waals surface area contributed by atoms with Crippen molar-refractivity contribution in [3.63, 3.8) is 0 Å². The summed E-state index contributed by atoms with van der Waals surface area (Å²) in [4.78, 5) is 40.1. The number of rotatable bonds is 32. The van der Waals surface area contributed by atoms with Gasteiger partial charge in [0.05, 0.1) is 0 Å². The molecule has 50 heavy (non-hydrogen) atoms. The average Bonchev–Trinajstić information content (AvgIpc) is 3.03. The normalized spacial score (nSPS) is 9.68. The Labute approximate surface area is 369 Å². The number of carbonyl (C=O) groups excluding carboxylic acids is 4. The molecule has 8 nitrogen and oxygen atoms in total. The van der Waals surface area contributed by atoms with Crippen LogP contribution in [0.5, 0.6) is 0 Å². The number of hydrogen-bond donors (Lipinski definition) is 0. The van der Waals surface area contributed by atoms with Gasteiger partial charge in [0.15, 0.2) is 0 Å². The van der Waals surface area contributed by atoms with Crippen LogP contribution in [0.2, 0.25) is 0 Å². The molecule has 0 aliphatic rings. The molecule has 0 amide bonds. The second kappa shape index (κ2) is 58.7. The van der Waals surface area contributed by atoms with Gasteiger partial charge in [-0.05, 0) is 51.4 Å². The predicted molar refractivity (Wildman–Crippen MR) is 196 cm³/mol. The van der Waals surface area contributed by atoms with Crippen molar-refractivity contribution in [2.75, 3.05) is 0 Å². The molecule has 0 aliphatic carbocycles. The second-order valence-electron chi connectivity index (χ2n) is 13.0. The van der Waals surface area contributed by atoms with Crippen LogP contribution in [0.4, 0.5) is 0 Å². The predicted octanol–water partition coefficient (Wildman–Crippen LogP) is 7.12. The first kappa shape index (κ1) is 62.4. The minimum Gasteiger partial charge on any atom is -0.550 e. The van der Waals surface area contributed by atoms with Crippen molar-refractivity contribution < 1.29 is 66.9 Å². The third kappa shape index (κ3) is 82.1. The van der Waals surface area contributed by atoms with E-state index in [2.05, 4.69) is 27.7 Å². The van der Waals surface area contributed by atoms with Crippen LogP contribution >= 0.6 is 0 Å². The van der Waals surface area contributed by atoms with E-state index in [0.717, 1.165) is 51.4 Å². The largest absolute Gasteiger partial charge is 2.00 e. The van der Waals surface area contributed by atoms with Crippen LogP contribution in [0.1, 0.15) is 233 Å². The minimum absolute atomic E-state index is 0. The SMILES string of the molecule is CCCCCCCCCC(=O)[O-].CCCCCCCCCC(=O)[O-].CCCCCCCCCC(=O)[O-].CCCCCCCCCC(=O)[O-].[Ba+2].[Cd+2]. The van der Waals surface area contributed by atoms with Crippen LogP contribution in [0, 0.1) is 0 Å². The summed E-state index contributed by atoms with van der Waals surface area (Å²) in [5.41, 5.74) is 0. The van der Waals surface area contributed by atoms with Gasteiger partial charge in [0.2, 0.25) is 0 Å². The van der Waals surface area contributed by atoms with E-state index >= 15 is 0 Å². The fourth-order valence-corrected chi connectivity index (χ4v) is 4.91. The van der Waals surface area contributed by atoms with E-state index in [1.165, 1.54) is 128 Å². The molecular formula is C40H76BaCdO8. The van der Waals surface area contributed by atoms with Crippen LogP contribution in [0.15, 0.2) is 0 Å². The number of hydrogen-bond acceptors (Lipinski definition) is 8. The molecule has 0 aromatic carbocycles. The Morgan fingerprint density at radius 2 is 0.400 bits per heavy atom. The standard InChI is InChI=1S/4C10H20O2.Ba.Cd/c4*1-2-3-4-5-6-7-8-9-10(11)12;;/h4*2-9H2,1H3,(H,11,12);;/q;;;;2*+2/p-4. The van der Waals surface area contributed by atoms with Crippen LogP contribution in [0.3, 0.4) is 0 Å². The van der Waals surface area contributed by atoms with Crippen molar-refractivity contribution in [1.29, 1.82) is 0 Å². The Morgan fingerprint density at radius 3 is 0.520 bits per heavy atom. The summed E-state index contributed by atoms with van der Waals surface area (Å²) < 4.78 is 0. The summed E-state index contributed by atoms with van der Waals surface area (Å²) in [7, 11) is 0. The van der Waals surface area contributed by atoms with E-state index in [-0.39, 0.29) is 102 Å². The first-order valence-electron chi connectivity index (χ1n) is 19.9. The molecule has 0 N–H and O–H groups in total. The van der Waals surface area contributed by atoms with Crippen molar-refractivity contribution >= 4 is 72.8 Å². The molecule has 0 heterocycles. The van der Waals surface area contributed by atoms with Crippen molar-refractivity contribution in [2.24, 2.45) is 0 Å². The minimum atomic E-state index is -0.913. The third-order valence-electron chi connectivity index (χ3n) is 7.94. The summed E-state index contributed by atoms with van der Waals surface area (Å²) in [6.45, 7) is 8.76. The first-order chi connectivity index (χ1) is 23.1. The number of aliphatic carboxylic acids is 4. The number of carbonyl (C=O) groups is 4. The second-order valence-corrected chi connectivity index (χ2v) is 13.0. The van der Waals surface area contributed by atoms with E-state index in [1.54, 1.807) is 0 Å². The van der Waals surface area contributed by atoms with Gasteiger partial charge in [0.1, 0.15) is 0 Å². The van der Waals surface area contributed by atoms with Gasteiger partial charge in [-0.3, -0.25) is 0 Å². The molecule has 0 aliphatic heterocycles. The molecule has 0 bridgehead atoms. The molecule has 0 unspecified atom stereocenters. The first-order valence-corrected chi connectivity index (χ1v) is 19.9. The fourth-order valence-electron chi connectivity index (χ4n) is 4.91. The van der Waals surface area contributed by atoms with E-state index in [0.29, 0.717) is 0 Å². The molecule has 0 fully saturated rings. The van der Waals surface area contributed by atoms with E-state index < -0.39 is 23.9 Å². The number of carboxylic acids is 4. The number of carboxylic acid groups (broad SMARTS) is 4. The molecule has 10 heteroatoms. The van der Waals surface area contributed by atoms with Crippen LogP contribution < -0.4 is 20.4 Å². The van der Waals surface area contributed by atoms with Crippen LogP contribution in [-0.2, 0) is 46.5 Å². The van der Waals surface area contributed by atoms with Crippen molar-refractivity contribution in [2.45, 2.75) is 233 Å². The summed E-state index contributed by atoms with van der Waals surface area (Å²) in [6.07, 6.45) is 33.4. The fraction of sp³-hybridized carbons (Fsp3) is 0.900. The Morgan fingerprint density at radius 1 is 0.280 bits per heavy atom. The number of unbranched alkanes of at least 4 members (excludes halogenated alkanes) is 24. The summed E-state index contributed by atoms with van der Waals surface area (Å²) in [5.74, 6) is -3.65. The zero-order valence-corrected chi connectivity index (χ0v) is 41.8. The quantitative estimate of drug-likeness (QED) is 0.0509. The van der Waals surface area contributed by atoms with Crippen LogP contribution in [-0.4, -0.2) is 72.8 Å². The average molecular weight is 935 g/mol. The summed E-state index contributed by atoms with van der Waals surface area (Å²) in [5, 5.41) is 40.1. The summed E-state index contributed by atoms with van der Waals surface area (Å²) in [6, 6.07) is 0. The van der Waals surface area contributed by atoms with E-state index in [1.807, 2.05) is 0 Å². The van der Waals surface area contributed by atoms with Gasteiger partial charge in [-0.1, -0.05) is 182 Å². The Hall–Kier alpha value is 0.374. The molecule has 0 saturated heterocycles. The molecular weight excluding hydrogens is 858 g/mol. The van der Waals surface area contributed by atoms with Gasteiger partial charge in [-0.25, -0.2) is 0 Å². The van der Waals surface area contributed by atoms with Gasteiger partial charge in [0.25, 0.3) is 0 Å². The monoisotopic (exact) mass is 936 g/mol. The molecule has 0 aromatic rings. The zero-order valence-electron chi connectivity index (χ0n) is 33.3. The maximum absolute atomic E-state index is 10.0. The molecule has 0 radical (unpaired) electrons. The van der Waals surface area contributed by atoms with Crippen molar-refractivity contribution in [3.8, 4) is 0 Å². The topological polar surface area (TPSA) is 161 Å². The molecule has 0 saturated carbocycles. The zero-order chi connectivity index (χ0) is 36.9. The molecule has 0 aromatic heterocycles. The third-order valence-corrected chi connectivity index (χ3v) is 7.94. The van der Waals surface area contributed by atoms with Gasteiger partial charge < -0.3 is 39.6 Å². The maximum atomic E-state index is 10.0. The van der Waals surface area contributed by atoms with Gasteiger partial charge >= 0.3 is 76.2 Å². The molecule has 0 rings (SSSR count). The van der Waals surface area contributed by atoms with Crippen molar-refractivity contribution in [3.05, 3.63) is 0 Å². The van der Waals surface area contributed by atoms with Gasteiger partial charge in [-0.15, -0.1) is 0 Å². The van der Waals surface area contributed by atoms with Crippen LogP contribution in [0.25, 0.3) is 0 Å². The van der Waals surface area contributed by atoms with E-state index in [9.17, 15) is 39.6 Å².